The van der Waals surface area contributed by atoms with Crippen LogP contribution >= 0.6 is 23.5 Å². The molecular weight excluding hydrogens is 294 g/mol. The second-order valence-corrected chi connectivity index (χ2v) is 6.32. The van der Waals surface area contributed by atoms with Crippen molar-refractivity contribution in [3.05, 3.63) is 29.5 Å². The van der Waals surface area contributed by atoms with Crippen LogP contribution in [-0.4, -0.2) is 43.3 Å². The number of carbonyl (C=O) groups is 1. The maximum atomic E-state index is 11.9. The Hall–Kier alpha value is -1.33. The van der Waals surface area contributed by atoms with Gasteiger partial charge in [0.05, 0.1) is 17.2 Å². The monoisotopic (exact) mass is 311 g/mol. The Labute approximate surface area is 128 Å². The summed E-state index contributed by atoms with van der Waals surface area (Å²) in [6.07, 6.45) is 0.304. The number of hydrogen-bond donors (Lipinski definition) is 1. The number of fused-ring (bicyclic) bond motifs is 1. The SMILES string of the molecule is CNc1ccc2c(c1)C(Cl)=C(CC(=O)N(C)C)N(C)S2. The molecule has 0 aliphatic carbocycles. The standard InChI is InChI=1S/C14H18ClN3OS/c1-16-9-5-6-12-10(7-9)14(15)11(18(4)20-12)8-13(19)17(2)3/h5-7,16H,8H2,1-4H3. The van der Waals surface area contributed by atoms with Crippen molar-refractivity contribution in [2.45, 2.75) is 11.3 Å². The van der Waals surface area contributed by atoms with Crippen LogP contribution in [0.3, 0.4) is 0 Å². The third kappa shape index (κ3) is 2.88. The topological polar surface area (TPSA) is 35.6 Å². The Morgan fingerprint density at radius 2 is 2.15 bits per heavy atom. The molecule has 1 aromatic rings. The molecule has 20 heavy (non-hydrogen) atoms. The zero-order valence-corrected chi connectivity index (χ0v) is 13.6. The van der Waals surface area contributed by atoms with Crippen molar-refractivity contribution in [3.8, 4) is 0 Å². The summed E-state index contributed by atoms with van der Waals surface area (Å²) in [6, 6.07) is 6.06. The number of nitrogens with one attached hydrogen (secondary N) is 1. The third-order valence-electron chi connectivity index (χ3n) is 3.19. The molecular formula is C14H18ClN3OS. The fraction of sp³-hybridized carbons (Fsp3) is 0.357. The Kier molecular flexibility index (Phi) is 4.50. The predicted molar refractivity (Wildman–Crippen MR) is 85.7 cm³/mol. The molecule has 6 heteroatoms. The van der Waals surface area contributed by atoms with Crippen molar-refractivity contribution >= 4 is 40.2 Å². The molecule has 0 fully saturated rings. The molecule has 1 aromatic carbocycles. The van der Waals surface area contributed by atoms with Crippen molar-refractivity contribution in [2.75, 3.05) is 33.5 Å². The first kappa shape index (κ1) is 15.1. The van der Waals surface area contributed by atoms with Gasteiger partial charge in [-0.1, -0.05) is 11.6 Å². The molecule has 0 saturated heterocycles. The zero-order chi connectivity index (χ0) is 14.9. The number of rotatable bonds is 3. The first-order valence-electron chi connectivity index (χ1n) is 6.26. The van der Waals surface area contributed by atoms with Gasteiger partial charge in [-0.15, -0.1) is 0 Å². The van der Waals surface area contributed by atoms with E-state index in [1.54, 1.807) is 30.9 Å². The fourth-order valence-electron chi connectivity index (χ4n) is 1.92. The first-order chi connectivity index (χ1) is 9.43. The van der Waals surface area contributed by atoms with Crippen LogP contribution in [0.25, 0.3) is 5.03 Å². The molecule has 1 amide bonds. The van der Waals surface area contributed by atoms with Crippen molar-refractivity contribution in [2.24, 2.45) is 0 Å². The normalized spacial score (nSPS) is 14.2. The van der Waals surface area contributed by atoms with Crippen LogP contribution in [0.4, 0.5) is 5.69 Å². The van der Waals surface area contributed by atoms with Crippen molar-refractivity contribution in [1.29, 1.82) is 0 Å². The van der Waals surface area contributed by atoms with E-state index < -0.39 is 0 Å². The minimum Gasteiger partial charge on any atom is -0.388 e. The van der Waals surface area contributed by atoms with Gasteiger partial charge in [-0.3, -0.25) is 4.79 Å². The lowest BCUT2D eigenvalue weighted by atomic mass is 10.1. The molecule has 0 saturated carbocycles. The maximum Gasteiger partial charge on any atom is 0.228 e. The number of halogens is 1. The minimum absolute atomic E-state index is 0.0406. The Bertz CT molecular complexity index is 572. The molecule has 1 N–H and O–H groups in total. The summed E-state index contributed by atoms with van der Waals surface area (Å²) in [4.78, 5) is 14.6. The molecule has 108 valence electrons. The van der Waals surface area contributed by atoms with Crippen LogP contribution in [0.2, 0.25) is 0 Å². The second-order valence-electron chi connectivity index (χ2n) is 4.78. The van der Waals surface area contributed by atoms with Crippen LogP contribution in [0.5, 0.6) is 0 Å². The van der Waals surface area contributed by atoms with Gasteiger partial charge in [0, 0.05) is 44.3 Å². The summed E-state index contributed by atoms with van der Waals surface area (Å²) in [5.41, 5.74) is 2.82. The molecule has 0 aromatic heterocycles. The van der Waals surface area contributed by atoms with Gasteiger partial charge in [0.15, 0.2) is 0 Å². The van der Waals surface area contributed by atoms with Crippen molar-refractivity contribution < 1.29 is 4.79 Å². The molecule has 1 heterocycles. The highest BCUT2D eigenvalue weighted by molar-refractivity contribution is 7.97. The van der Waals surface area contributed by atoms with Crippen LogP contribution in [0.1, 0.15) is 12.0 Å². The van der Waals surface area contributed by atoms with Gasteiger partial charge in [-0.25, -0.2) is 0 Å². The third-order valence-corrected chi connectivity index (χ3v) is 4.66. The number of anilines is 1. The molecule has 2 rings (SSSR count). The van der Waals surface area contributed by atoms with E-state index in [9.17, 15) is 4.79 Å². The Morgan fingerprint density at radius 1 is 1.45 bits per heavy atom. The molecule has 1 aliphatic rings. The van der Waals surface area contributed by atoms with Gasteiger partial charge in [0.1, 0.15) is 0 Å². The molecule has 0 atom stereocenters. The van der Waals surface area contributed by atoms with E-state index in [1.165, 1.54) is 0 Å². The molecule has 0 unspecified atom stereocenters. The highest BCUT2D eigenvalue weighted by Crippen LogP contribution is 2.43. The summed E-state index contributed by atoms with van der Waals surface area (Å²) in [7, 11) is 7.30. The van der Waals surface area contributed by atoms with Gasteiger partial charge in [0.25, 0.3) is 0 Å². The van der Waals surface area contributed by atoms with Crippen LogP contribution < -0.4 is 5.32 Å². The molecule has 1 aliphatic heterocycles. The fourth-order valence-corrected chi connectivity index (χ4v) is 3.33. The van der Waals surface area contributed by atoms with E-state index in [2.05, 4.69) is 5.32 Å². The molecule has 4 nitrogen and oxygen atoms in total. The van der Waals surface area contributed by atoms with E-state index in [0.717, 1.165) is 21.8 Å². The molecule has 0 bridgehead atoms. The van der Waals surface area contributed by atoms with Gasteiger partial charge < -0.3 is 14.5 Å². The quantitative estimate of drug-likeness (QED) is 0.870. The molecule has 0 spiro atoms. The smallest absolute Gasteiger partial charge is 0.228 e. The predicted octanol–water partition coefficient (Wildman–Crippen LogP) is 3.07. The van der Waals surface area contributed by atoms with E-state index in [-0.39, 0.29) is 5.91 Å². The highest BCUT2D eigenvalue weighted by atomic mass is 35.5. The highest BCUT2D eigenvalue weighted by Gasteiger charge is 2.25. The van der Waals surface area contributed by atoms with Crippen LogP contribution in [-0.2, 0) is 4.79 Å². The van der Waals surface area contributed by atoms with Crippen molar-refractivity contribution in [3.63, 3.8) is 0 Å². The maximum absolute atomic E-state index is 11.9. The lowest BCUT2D eigenvalue weighted by molar-refractivity contribution is -0.128. The number of benzene rings is 1. The van der Waals surface area contributed by atoms with E-state index >= 15 is 0 Å². The van der Waals surface area contributed by atoms with E-state index in [0.29, 0.717) is 11.5 Å². The van der Waals surface area contributed by atoms with E-state index in [4.69, 9.17) is 11.6 Å². The van der Waals surface area contributed by atoms with Crippen LogP contribution in [0, 0.1) is 0 Å². The number of amides is 1. The number of nitrogens with zero attached hydrogens (tertiary/aromatic N) is 2. The summed E-state index contributed by atoms with van der Waals surface area (Å²) in [5, 5.41) is 3.75. The van der Waals surface area contributed by atoms with E-state index in [1.807, 2.05) is 36.6 Å². The largest absolute Gasteiger partial charge is 0.388 e. The average molecular weight is 312 g/mol. The van der Waals surface area contributed by atoms with Crippen molar-refractivity contribution in [1.82, 2.24) is 9.21 Å². The lowest BCUT2D eigenvalue weighted by Gasteiger charge is -2.29. The van der Waals surface area contributed by atoms with Gasteiger partial charge in [-0.2, -0.15) is 0 Å². The first-order valence-corrected chi connectivity index (χ1v) is 7.42. The Balaban J connectivity index is 2.41. The minimum atomic E-state index is 0.0406. The van der Waals surface area contributed by atoms with Crippen LogP contribution in [0.15, 0.2) is 28.8 Å². The number of hydrogen-bond acceptors (Lipinski definition) is 4. The summed E-state index contributed by atoms with van der Waals surface area (Å²) < 4.78 is 1.96. The van der Waals surface area contributed by atoms with Gasteiger partial charge >= 0.3 is 0 Å². The zero-order valence-electron chi connectivity index (χ0n) is 12.0. The van der Waals surface area contributed by atoms with Gasteiger partial charge in [-0.05, 0) is 30.1 Å². The second kappa shape index (κ2) is 5.97. The summed E-state index contributed by atoms with van der Waals surface area (Å²) in [6.45, 7) is 0. The molecule has 0 radical (unpaired) electrons. The average Bonchev–Trinajstić information content (AvgIpc) is 2.42. The summed E-state index contributed by atoms with van der Waals surface area (Å²) in [5.74, 6) is 0.0406. The van der Waals surface area contributed by atoms with Gasteiger partial charge in [0.2, 0.25) is 5.91 Å². The lowest BCUT2D eigenvalue weighted by Crippen LogP contribution is -2.25. The summed E-state index contributed by atoms with van der Waals surface area (Å²) >= 11 is 8.10. The Morgan fingerprint density at radius 3 is 2.75 bits per heavy atom. The number of carbonyl (C=O) groups excluding carboxylic acids is 1.